The van der Waals surface area contributed by atoms with Crippen LogP contribution in [0, 0.1) is 0 Å². The third-order valence-electron chi connectivity index (χ3n) is 6.49. The Morgan fingerprint density at radius 3 is 1.75 bits per heavy atom. The molecular weight excluding hydrogens is 522 g/mol. The van der Waals surface area contributed by atoms with Gasteiger partial charge in [0.25, 0.3) is 10.1 Å². The number of carbonyl (C=O) groups is 1. The number of nitrogens with one attached hydrogen (secondary N) is 1. The average Bonchev–Trinajstić information content (AvgIpc) is 2.90. The Bertz CT molecular complexity index is 858. The maximum absolute atomic E-state index is 12.3. The van der Waals surface area contributed by atoms with Crippen molar-refractivity contribution in [1.29, 1.82) is 0 Å². The molecule has 0 aromatic rings. The standard InChI is InChI=1S/C33H57NO5S/c1-3-5-7-9-11-12-13-14-15-16-17-18-19-20-21-22-23-25-27-29-33(36)34-31(30-40(37,38)39)32(35)28-26-24-10-8-6-4-2/h5,7,11-12,14-15,17-18,20-21,31-32,35H,3-4,6,8-10,13,16,19,22-30H2,1-2H3,(H,34,36)(H,37,38,39)/b7-5-,12-11-,15-14-,18-17-,21-20-. The molecule has 3 N–H and O–H groups in total. The molecule has 40 heavy (non-hydrogen) atoms. The fourth-order valence-electron chi connectivity index (χ4n) is 4.18. The molecule has 0 bridgehead atoms. The highest BCUT2D eigenvalue weighted by Gasteiger charge is 2.25. The molecule has 2 atom stereocenters. The molecule has 0 heterocycles. The third kappa shape index (κ3) is 27.6. The predicted octanol–water partition coefficient (Wildman–Crippen LogP) is 8.17. The van der Waals surface area contributed by atoms with Gasteiger partial charge in [-0.25, -0.2) is 0 Å². The van der Waals surface area contributed by atoms with Crippen LogP contribution >= 0.6 is 0 Å². The van der Waals surface area contributed by atoms with Crippen molar-refractivity contribution in [1.82, 2.24) is 5.32 Å². The highest BCUT2D eigenvalue weighted by molar-refractivity contribution is 7.85. The smallest absolute Gasteiger partial charge is 0.266 e. The van der Waals surface area contributed by atoms with Crippen molar-refractivity contribution in [2.24, 2.45) is 0 Å². The van der Waals surface area contributed by atoms with E-state index < -0.39 is 28.0 Å². The van der Waals surface area contributed by atoms with Gasteiger partial charge in [0.15, 0.2) is 0 Å². The summed E-state index contributed by atoms with van der Waals surface area (Å²) in [5, 5.41) is 13.1. The van der Waals surface area contributed by atoms with E-state index in [1.807, 2.05) is 0 Å². The molecule has 0 saturated carbocycles. The molecule has 0 rings (SSSR count). The maximum atomic E-state index is 12.3. The van der Waals surface area contributed by atoms with Crippen molar-refractivity contribution in [3.63, 3.8) is 0 Å². The highest BCUT2D eigenvalue weighted by Crippen LogP contribution is 2.12. The average molecular weight is 580 g/mol. The minimum Gasteiger partial charge on any atom is -0.391 e. The monoisotopic (exact) mass is 579 g/mol. The normalized spacial score (nSPS) is 14.4. The number of amides is 1. The Labute approximate surface area is 245 Å². The Morgan fingerprint density at radius 1 is 0.700 bits per heavy atom. The summed E-state index contributed by atoms with van der Waals surface area (Å²) in [4.78, 5) is 12.3. The lowest BCUT2D eigenvalue weighted by Gasteiger charge is -2.23. The summed E-state index contributed by atoms with van der Waals surface area (Å²) >= 11 is 0. The van der Waals surface area contributed by atoms with Crippen molar-refractivity contribution in [2.75, 3.05) is 5.75 Å². The lowest BCUT2D eigenvalue weighted by molar-refractivity contribution is -0.122. The van der Waals surface area contributed by atoms with Crippen molar-refractivity contribution in [3.05, 3.63) is 60.8 Å². The van der Waals surface area contributed by atoms with E-state index in [4.69, 9.17) is 0 Å². The molecule has 0 aliphatic carbocycles. The number of carbonyl (C=O) groups excluding carboxylic acids is 1. The number of hydrogen-bond acceptors (Lipinski definition) is 4. The Hall–Kier alpha value is -1.96. The number of allylic oxidation sites excluding steroid dienone is 10. The van der Waals surface area contributed by atoms with Gasteiger partial charge in [-0.2, -0.15) is 8.42 Å². The van der Waals surface area contributed by atoms with Gasteiger partial charge >= 0.3 is 0 Å². The summed E-state index contributed by atoms with van der Waals surface area (Å²) in [6.45, 7) is 4.29. The lowest BCUT2D eigenvalue weighted by atomic mass is 10.0. The van der Waals surface area contributed by atoms with Crippen LogP contribution in [0.25, 0.3) is 0 Å². The van der Waals surface area contributed by atoms with Crippen molar-refractivity contribution >= 4 is 16.0 Å². The molecule has 0 aliphatic rings. The fourth-order valence-corrected chi connectivity index (χ4v) is 4.94. The van der Waals surface area contributed by atoms with Crippen LogP contribution in [0.5, 0.6) is 0 Å². The fraction of sp³-hybridized carbons (Fsp3) is 0.667. The number of unbranched alkanes of at least 4 members (excludes halogenated alkanes) is 8. The van der Waals surface area contributed by atoms with E-state index in [2.05, 4.69) is 79.9 Å². The van der Waals surface area contributed by atoms with Crippen LogP contribution in [0.4, 0.5) is 0 Å². The first-order chi connectivity index (χ1) is 19.3. The van der Waals surface area contributed by atoms with E-state index in [1.54, 1.807) is 0 Å². The summed E-state index contributed by atoms with van der Waals surface area (Å²) in [7, 11) is -4.31. The SMILES string of the molecule is CC/C=C\C/C=C\C/C=C\C/C=C\C/C=C\CCCCCC(=O)NC(CS(=O)(=O)O)C(O)CCCCCCCC. The minimum absolute atomic E-state index is 0.275. The molecule has 0 saturated heterocycles. The first-order valence-corrected chi connectivity index (χ1v) is 17.1. The molecule has 230 valence electrons. The molecule has 2 unspecified atom stereocenters. The van der Waals surface area contributed by atoms with E-state index >= 15 is 0 Å². The topological polar surface area (TPSA) is 104 Å². The van der Waals surface area contributed by atoms with Gasteiger partial charge in [0.2, 0.25) is 5.91 Å². The molecule has 7 heteroatoms. The van der Waals surface area contributed by atoms with Gasteiger partial charge in [-0.15, -0.1) is 0 Å². The van der Waals surface area contributed by atoms with Crippen LogP contribution in [0.3, 0.4) is 0 Å². The zero-order chi connectivity index (χ0) is 29.7. The zero-order valence-corrected chi connectivity index (χ0v) is 26.0. The highest BCUT2D eigenvalue weighted by atomic mass is 32.2. The van der Waals surface area contributed by atoms with Crippen molar-refractivity contribution in [3.8, 4) is 0 Å². The first kappa shape index (κ1) is 38.0. The molecule has 1 amide bonds. The molecule has 0 fully saturated rings. The van der Waals surface area contributed by atoms with Crippen LogP contribution in [-0.4, -0.2) is 41.9 Å². The predicted molar refractivity (Wildman–Crippen MR) is 170 cm³/mol. The van der Waals surface area contributed by atoms with Crippen LogP contribution in [0.1, 0.15) is 123 Å². The Morgan fingerprint density at radius 2 is 1.20 bits per heavy atom. The van der Waals surface area contributed by atoms with Gasteiger partial charge in [0.05, 0.1) is 17.9 Å². The van der Waals surface area contributed by atoms with E-state index in [0.717, 1.165) is 83.5 Å². The number of hydrogen-bond donors (Lipinski definition) is 3. The summed E-state index contributed by atoms with van der Waals surface area (Å²) in [5.74, 6) is -0.953. The van der Waals surface area contributed by atoms with Crippen molar-refractivity contribution < 1.29 is 22.9 Å². The molecule has 0 aromatic heterocycles. The second kappa shape index (κ2) is 27.2. The van der Waals surface area contributed by atoms with Gasteiger partial charge in [-0.3, -0.25) is 9.35 Å². The summed E-state index contributed by atoms with van der Waals surface area (Å²) in [6.07, 6.45) is 36.2. The van der Waals surface area contributed by atoms with Gasteiger partial charge in [-0.05, 0) is 57.8 Å². The van der Waals surface area contributed by atoms with Crippen molar-refractivity contribution in [2.45, 2.75) is 135 Å². The van der Waals surface area contributed by atoms with Gasteiger partial charge in [0.1, 0.15) is 0 Å². The molecule has 0 aromatic carbocycles. The second-order valence-electron chi connectivity index (χ2n) is 10.4. The summed E-state index contributed by atoms with van der Waals surface area (Å²) < 4.78 is 32.0. The quantitative estimate of drug-likeness (QED) is 0.0545. The van der Waals surface area contributed by atoms with Crippen LogP contribution < -0.4 is 5.32 Å². The summed E-state index contributed by atoms with van der Waals surface area (Å²) in [6, 6.07) is -0.987. The molecule has 0 aliphatic heterocycles. The Balaban J connectivity index is 4.03. The number of aliphatic hydroxyl groups excluding tert-OH is 1. The Kier molecular flexibility index (Phi) is 25.9. The van der Waals surface area contributed by atoms with E-state index in [1.165, 1.54) is 6.42 Å². The van der Waals surface area contributed by atoms with E-state index in [9.17, 15) is 22.9 Å². The first-order valence-electron chi connectivity index (χ1n) is 15.5. The number of aliphatic hydroxyl groups is 1. The zero-order valence-electron chi connectivity index (χ0n) is 25.2. The molecule has 6 nitrogen and oxygen atoms in total. The van der Waals surface area contributed by atoms with Crippen LogP contribution in [0.15, 0.2) is 60.8 Å². The second-order valence-corrected chi connectivity index (χ2v) is 11.9. The van der Waals surface area contributed by atoms with Gasteiger partial charge in [0, 0.05) is 6.42 Å². The van der Waals surface area contributed by atoms with Gasteiger partial charge in [-0.1, -0.05) is 120 Å². The third-order valence-corrected chi connectivity index (χ3v) is 7.27. The molecular formula is C33H57NO5S. The van der Waals surface area contributed by atoms with Crippen LogP contribution in [0.2, 0.25) is 0 Å². The largest absolute Gasteiger partial charge is 0.391 e. The minimum atomic E-state index is -4.31. The lowest BCUT2D eigenvalue weighted by Crippen LogP contribution is -2.47. The molecule has 0 radical (unpaired) electrons. The van der Waals surface area contributed by atoms with E-state index in [0.29, 0.717) is 12.8 Å². The summed E-state index contributed by atoms with van der Waals surface area (Å²) in [5.41, 5.74) is 0. The van der Waals surface area contributed by atoms with Crippen LogP contribution in [-0.2, 0) is 14.9 Å². The maximum Gasteiger partial charge on any atom is 0.266 e. The van der Waals surface area contributed by atoms with Gasteiger partial charge < -0.3 is 10.4 Å². The van der Waals surface area contributed by atoms with E-state index in [-0.39, 0.29) is 12.3 Å². The molecule has 0 spiro atoms. The number of rotatable bonds is 26.